The van der Waals surface area contributed by atoms with Crippen molar-refractivity contribution in [3.8, 4) is 0 Å². The molecule has 0 spiro atoms. The van der Waals surface area contributed by atoms with Crippen LogP contribution in [0.4, 0.5) is 0 Å². The Morgan fingerprint density at radius 1 is 1.43 bits per heavy atom. The normalized spacial score (nSPS) is 19.2. The highest BCUT2D eigenvalue weighted by atomic mass is 32.2. The third kappa shape index (κ3) is 3.59. The van der Waals surface area contributed by atoms with E-state index in [1.54, 1.807) is 0 Å². The predicted octanol–water partition coefficient (Wildman–Crippen LogP) is -0.0213. The zero-order valence-electron chi connectivity index (χ0n) is 11.7. The third-order valence-electron chi connectivity index (χ3n) is 3.39. The molecule has 0 radical (unpaired) electrons. The van der Waals surface area contributed by atoms with Crippen molar-refractivity contribution in [1.29, 1.82) is 0 Å². The van der Waals surface area contributed by atoms with Crippen molar-refractivity contribution < 1.29 is 23.1 Å². The second-order valence-corrected chi connectivity index (χ2v) is 6.47. The average Bonchev–Trinajstić information content (AvgIpc) is 2.46. The summed E-state index contributed by atoms with van der Waals surface area (Å²) >= 11 is 0. The molecular formula is C13H18N2O5S. The van der Waals surface area contributed by atoms with E-state index in [4.69, 9.17) is 4.74 Å². The van der Waals surface area contributed by atoms with Gasteiger partial charge in [0.15, 0.2) is 0 Å². The van der Waals surface area contributed by atoms with Gasteiger partial charge in [0.05, 0.1) is 6.61 Å². The van der Waals surface area contributed by atoms with Crippen LogP contribution in [-0.4, -0.2) is 50.1 Å². The van der Waals surface area contributed by atoms with Crippen LogP contribution in [0, 0.1) is 0 Å². The maximum absolute atomic E-state index is 12.3. The zero-order valence-corrected chi connectivity index (χ0v) is 12.5. The number of rotatable bonds is 6. The molecule has 0 fully saturated rings. The van der Waals surface area contributed by atoms with Crippen LogP contribution in [0.25, 0.3) is 0 Å². The first kappa shape index (κ1) is 15.9. The Bertz CT molecular complexity index is 617. The summed E-state index contributed by atoms with van der Waals surface area (Å²) in [7, 11) is -2.41. The summed E-state index contributed by atoms with van der Waals surface area (Å²) in [5.41, 5.74) is 1.69. The number of fused-ring (bicyclic) bond motifs is 1. The highest BCUT2D eigenvalue weighted by Gasteiger charge is 2.38. The molecule has 1 aliphatic rings. The molecule has 0 amide bonds. The summed E-state index contributed by atoms with van der Waals surface area (Å²) in [6.07, 6.45) is 0.163. The number of carboxylic acids is 1. The van der Waals surface area contributed by atoms with Gasteiger partial charge in [-0.1, -0.05) is 24.3 Å². The van der Waals surface area contributed by atoms with Gasteiger partial charge in [-0.15, -0.1) is 0 Å². The van der Waals surface area contributed by atoms with E-state index in [1.165, 1.54) is 7.11 Å². The first-order chi connectivity index (χ1) is 9.95. The van der Waals surface area contributed by atoms with Crippen molar-refractivity contribution >= 4 is 16.2 Å². The highest BCUT2D eigenvalue weighted by Crippen LogP contribution is 2.25. The molecule has 2 N–H and O–H groups in total. The number of hydrogen-bond donors (Lipinski definition) is 2. The minimum absolute atomic E-state index is 0.0510. The standard InChI is InChI=1S/C13H18N2O5S/c1-20-7-6-14-21(18,19)15-9-11-5-3-2-4-10(11)8-12(15)13(16)17/h2-5,12,14H,6-9H2,1H3,(H,16,17)/t12-/m0/s1. The van der Waals surface area contributed by atoms with E-state index in [0.29, 0.717) is 0 Å². The number of nitrogens with zero attached hydrogens (tertiary/aromatic N) is 1. The summed E-state index contributed by atoms with van der Waals surface area (Å²) in [4.78, 5) is 11.4. The van der Waals surface area contributed by atoms with Crippen molar-refractivity contribution in [2.45, 2.75) is 19.0 Å². The van der Waals surface area contributed by atoms with Crippen molar-refractivity contribution in [2.75, 3.05) is 20.3 Å². The van der Waals surface area contributed by atoms with Crippen LogP contribution in [0.2, 0.25) is 0 Å². The number of ether oxygens (including phenoxy) is 1. The Balaban J connectivity index is 2.26. The van der Waals surface area contributed by atoms with Crippen LogP contribution in [0.1, 0.15) is 11.1 Å². The van der Waals surface area contributed by atoms with Gasteiger partial charge in [-0.25, -0.2) is 0 Å². The van der Waals surface area contributed by atoms with E-state index in [2.05, 4.69) is 4.72 Å². The van der Waals surface area contributed by atoms with Crippen LogP contribution in [0.5, 0.6) is 0 Å². The molecule has 2 rings (SSSR count). The SMILES string of the molecule is COCCNS(=O)(=O)N1Cc2ccccc2C[C@H]1C(=O)O. The van der Waals surface area contributed by atoms with Crippen molar-refractivity contribution in [3.63, 3.8) is 0 Å². The van der Waals surface area contributed by atoms with Gasteiger partial charge < -0.3 is 9.84 Å². The summed E-state index contributed by atoms with van der Waals surface area (Å²) in [5, 5.41) is 9.31. The Morgan fingerprint density at radius 3 is 2.71 bits per heavy atom. The summed E-state index contributed by atoms with van der Waals surface area (Å²) in [6, 6.07) is 6.17. The molecule has 0 saturated carbocycles. The Morgan fingerprint density at radius 2 is 2.10 bits per heavy atom. The van der Waals surface area contributed by atoms with Gasteiger partial charge in [-0.2, -0.15) is 17.4 Å². The van der Waals surface area contributed by atoms with Crippen LogP contribution < -0.4 is 4.72 Å². The largest absolute Gasteiger partial charge is 0.480 e. The van der Waals surface area contributed by atoms with Crippen LogP contribution in [0.3, 0.4) is 0 Å². The lowest BCUT2D eigenvalue weighted by Gasteiger charge is -2.33. The molecule has 1 aliphatic heterocycles. The van der Waals surface area contributed by atoms with Gasteiger partial charge in [-0.05, 0) is 11.1 Å². The molecule has 0 aromatic heterocycles. The van der Waals surface area contributed by atoms with Gasteiger partial charge in [0, 0.05) is 26.6 Å². The van der Waals surface area contributed by atoms with Crippen LogP contribution >= 0.6 is 0 Å². The lowest BCUT2D eigenvalue weighted by molar-refractivity contribution is -0.141. The fourth-order valence-electron chi connectivity index (χ4n) is 2.32. The Labute approximate surface area is 123 Å². The van der Waals surface area contributed by atoms with Gasteiger partial charge in [0.25, 0.3) is 10.2 Å². The molecule has 0 saturated heterocycles. The van der Waals surface area contributed by atoms with E-state index in [-0.39, 0.29) is 26.1 Å². The van der Waals surface area contributed by atoms with E-state index in [0.717, 1.165) is 15.4 Å². The monoisotopic (exact) mass is 314 g/mol. The lowest BCUT2D eigenvalue weighted by atomic mass is 9.96. The van der Waals surface area contributed by atoms with Crippen LogP contribution in [-0.2, 0) is 32.7 Å². The van der Waals surface area contributed by atoms with Gasteiger partial charge >= 0.3 is 5.97 Å². The second kappa shape index (κ2) is 6.52. The molecule has 8 heteroatoms. The zero-order chi connectivity index (χ0) is 15.5. The molecule has 0 aliphatic carbocycles. The molecule has 1 heterocycles. The fraction of sp³-hybridized carbons (Fsp3) is 0.462. The van der Waals surface area contributed by atoms with Crippen LogP contribution in [0.15, 0.2) is 24.3 Å². The minimum Gasteiger partial charge on any atom is -0.480 e. The molecule has 1 aromatic carbocycles. The number of hydrogen-bond acceptors (Lipinski definition) is 4. The van der Waals surface area contributed by atoms with Crippen molar-refractivity contribution in [2.24, 2.45) is 0 Å². The smallest absolute Gasteiger partial charge is 0.322 e. The Kier molecular flexibility index (Phi) is 4.94. The van der Waals surface area contributed by atoms with E-state index < -0.39 is 22.2 Å². The number of methoxy groups -OCH3 is 1. The number of nitrogens with one attached hydrogen (secondary N) is 1. The van der Waals surface area contributed by atoms with Gasteiger partial charge in [-0.3, -0.25) is 4.79 Å². The maximum atomic E-state index is 12.3. The molecule has 7 nitrogen and oxygen atoms in total. The number of carbonyl (C=O) groups is 1. The maximum Gasteiger partial charge on any atom is 0.322 e. The lowest BCUT2D eigenvalue weighted by Crippen LogP contribution is -2.52. The molecule has 1 atom stereocenters. The molecule has 21 heavy (non-hydrogen) atoms. The highest BCUT2D eigenvalue weighted by molar-refractivity contribution is 7.87. The molecular weight excluding hydrogens is 296 g/mol. The quantitative estimate of drug-likeness (QED) is 0.719. The predicted molar refractivity (Wildman–Crippen MR) is 75.9 cm³/mol. The minimum atomic E-state index is -3.87. The van der Waals surface area contributed by atoms with Crippen molar-refractivity contribution in [3.05, 3.63) is 35.4 Å². The van der Waals surface area contributed by atoms with Gasteiger partial charge in [0.2, 0.25) is 0 Å². The fourth-order valence-corrected chi connectivity index (χ4v) is 3.63. The van der Waals surface area contributed by atoms with Crippen molar-refractivity contribution in [1.82, 2.24) is 9.03 Å². The van der Waals surface area contributed by atoms with E-state index in [9.17, 15) is 18.3 Å². The topological polar surface area (TPSA) is 95.9 Å². The summed E-state index contributed by atoms with van der Waals surface area (Å²) in [6.45, 7) is 0.375. The average molecular weight is 314 g/mol. The number of carboxylic acid groups (broad SMARTS) is 1. The first-order valence-electron chi connectivity index (χ1n) is 6.50. The Hall–Kier alpha value is -1.48. The first-order valence-corrected chi connectivity index (χ1v) is 7.94. The summed E-state index contributed by atoms with van der Waals surface area (Å²) < 4.78 is 32.7. The number of benzene rings is 1. The molecule has 1 aromatic rings. The van der Waals surface area contributed by atoms with Gasteiger partial charge in [0.1, 0.15) is 6.04 Å². The summed E-state index contributed by atoms with van der Waals surface area (Å²) in [5.74, 6) is -1.15. The van der Waals surface area contributed by atoms with E-state index in [1.807, 2.05) is 24.3 Å². The van der Waals surface area contributed by atoms with E-state index >= 15 is 0 Å². The molecule has 0 unspecified atom stereocenters. The third-order valence-corrected chi connectivity index (χ3v) is 4.96. The molecule has 116 valence electrons. The second-order valence-electron chi connectivity index (χ2n) is 4.76. The molecule has 0 bridgehead atoms. The number of aliphatic carboxylic acids is 1.